The van der Waals surface area contributed by atoms with Gasteiger partial charge in [0.2, 0.25) is 5.82 Å². The zero-order chi connectivity index (χ0) is 14.4. The fourth-order valence-corrected chi connectivity index (χ4v) is 3.03. The number of piperidine rings is 1. The van der Waals surface area contributed by atoms with Crippen LogP contribution in [0.5, 0.6) is 0 Å². The van der Waals surface area contributed by atoms with Crippen LogP contribution in [-0.2, 0) is 4.74 Å². The van der Waals surface area contributed by atoms with Crippen LogP contribution in [0.2, 0.25) is 0 Å². The molecule has 0 bridgehead atoms. The minimum Gasteiger partial charge on any atom is -0.375 e. The number of rotatable bonds is 2. The standard InChI is InChI=1S/C13H15F2N5O/c14-11(15)12-17-16-9-1-2-10(18-20(9)12)19-6-3-13(4-7-19)5-8-21-13/h1-2,11H,3-8H2. The Hall–Kier alpha value is -1.83. The first-order valence-electron chi connectivity index (χ1n) is 7.06. The third-order valence-electron chi connectivity index (χ3n) is 4.43. The van der Waals surface area contributed by atoms with Gasteiger partial charge in [-0.25, -0.2) is 8.78 Å². The maximum atomic E-state index is 12.9. The van der Waals surface area contributed by atoms with Crippen molar-refractivity contribution in [3.63, 3.8) is 0 Å². The number of nitrogens with zero attached hydrogens (tertiary/aromatic N) is 5. The first-order valence-corrected chi connectivity index (χ1v) is 7.06. The zero-order valence-electron chi connectivity index (χ0n) is 11.4. The fraction of sp³-hybridized carbons (Fsp3) is 0.615. The minimum atomic E-state index is -2.68. The van der Waals surface area contributed by atoms with E-state index in [2.05, 4.69) is 20.2 Å². The average Bonchev–Trinajstić information content (AvgIpc) is 2.89. The molecule has 2 aliphatic rings. The Balaban J connectivity index is 1.60. The second-order valence-electron chi connectivity index (χ2n) is 5.59. The summed E-state index contributed by atoms with van der Waals surface area (Å²) >= 11 is 0. The van der Waals surface area contributed by atoms with Gasteiger partial charge in [-0.05, 0) is 31.4 Å². The Kier molecular flexibility index (Phi) is 2.81. The van der Waals surface area contributed by atoms with E-state index in [1.807, 2.05) is 0 Å². The summed E-state index contributed by atoms with van der Waals surface area (Å²) < 4.78 is 32.5. The number of ether oxygens (including phenoxy) is 1. The number of aromatic nitrogens is 4. The number of hydrogen-bond donors (Lipinski definition) is 0. The molecule has 0 amide bonds. The van der Waals surface area contributed by atoms with Crippen molar-refractivity contribution in [2.24, 2.45) is 0 Å². The van der Waals surface area contributed by atoms with Gasteiger partial charge in [0.1, 0.15) is 5.82 Å². The van der Waals surface area contributed by atoms with Gasteiger partial charge in [-0.15, -0.1) is 15.3 Å². The van der Waals surface area contributed by atoms with E-state index in [0.29, 0.717) is 11.5 Å². The molecule has 1 spiro atoms. The second kappa shape index (κ2) is 4.59. The second-order valence-corrected chi connectivity index (χ2v) is 5.59. The summed E-state index contributed by atoms with van der Waals surface area (Å²) in [6.07, 6.45) is 0.345. The lowest BCUT2D eigenvalue weighted by Gasteiger charge is -2.47. The molecule has 0 saturated carbocycles. The third-order valence-corrected chi connectivity index (χ3v) is 4.43. The quantitative estimate of drug-likeness (QED) is 0.846. The number of fused-ring (bicyclic) bond motifs is 1. The van der Waals surface area contributed by atoms with E-state index in [1.54, 1.807) is 12.1 Å². The van der Waals surface area contributed by atoms with E-state index in [4.69, 9.17) is 4.74 Å². The maximum Gasteiger partial charge on any atom is 0.299 e. The van der Waals surface area contributed by atoms with Crippen LogP contribution in [0, 0.1) is 0 Å². The van der Waals surface area contributed by atoms with Crippen LogP contribution in [0.25, 0.3) is 5.65 Å². The van der Waals surface area contributed by atoms with Gasteiger partial charge >= 0.3 is 0 Å². The van der Waals surface area contributed by atoms with Crippen molar-refractivity contribution in [2.45, 2.75) is 31.3 Å². The van der Waals surface area contributed by atoms with Crippen LogP contribution < -0.4 is 4.90 Å². The molecule has 0 atom stereocenters. The van der Waals surface area contributed by atoms with E-state index in [1.165, 1.54) is 0 Å². The smallest absolute Gasteiger partial charge is 0.299 e. The Morgan fingerprint density at radius 3 is 2.52 bits per heavy atom. The van der Waals surface area contributed by atoms with E-state index >= 15 is 0 Å². The van der Waals surface area contributed by atoms with Gasteiger partial charge in [-0.3, -0.25) is 0 Å². The number of alkyl halides is 2. The van der Waals surface area contributed by atoms with Crippen LogP contribution in [0.4, 0.5) is 14.6 Å². The number of halogens is 2. The van der Waals surface area contributed by atoms with E-state index < -0.39 is 12.2 Å². The van der Waals surface area contributed by atoms with Crippen molar-refractivity contribution >= 4 is 11.5 Å². The predicted molar refractivity (Wildman–Crippen MR) is 70.5 cm³/mol. The molecule has 2 aromatic rings. The Morgan fingerprint density at radius 1 is 1.14 bits per heavy atom. The fourth-order valence-electron chi connectivity index (χ4n) is 3.03. The monoisotopic (exact) mass is 295 g/mol. The lowest BCUT2D eigenvalue weighted by Crippen LogP contribution is -2.52. The minimum absolute atomic E-state index is 0.0608. The molecule has 4 heterocycles. The molecular weight excluding hydrogens is 280 g/mol. The highest BCUT2D eigenvalue weighted by atomic mass is 19.3. The SMILES string of the molecule is FC(F)c1nnc2ccc(N3CCC4(CCO4)CC3)nn12. The van der Waals surface area contributed by atoms with Crippen molar-refractivity contribution < 1.29 is 13.5 Å². The average molecular weight is 295 g/mol. The molecule has 2 aromatic heterocycles. The van der Waals surface area contributed by atoms with Gasteiger partial charge < -0.3 is 9.64 Å². The summed E-state index contributed by atoms with van der Waals surface area (Å²) in [5.41, 5.74) is 0.399. The molecule has 4 rings (SSSR count). The highest BCUT2D eigenvalue weighted by Crippen LogP contribution is 2.37. The molecule has 21 heavy (non-hydrogen) atoms. The molecule has 0 unspecified atom stereocenters. The maximum absolute atomic E-state index is 12.9. The van der Waals surface area contributed by atoms with Crippen LogP contribution in [0.3, 0.4) is 0 Å². The van der Waals surface area contributed by atoms with Crippen LogP contribution in [0.15, 0.2) is 12.1 Å². The third kappa shape index (κ3) is 2.05. The van der Waals surface area contributed by atoms with Crippen molar-refractivity contribution in [1.82, 2.24) is 19.8 Å². The summed E-state index contributed by atoms with van der Waals surface area (Å²) in [6.45, 7) is 2.50. The number of anilines is 1. The van der Waals surface area contributed by atoms with Gasteiger partial charge in [0.15, 0.2) is 5.65 Å². The summed E-state index contributed by atoms with van der Waals surface area (Å²) in [5.74, 6) is 0.265. The van der Waals surface area contributed by atoms with Crippen molar-refractivity contribution in [2.75, 3.05) is 24.6 Å². The number of hydrogen-bond acceptors (Lipinski definition) is 5. The van der Waals surface area contributed by atoms with Crippen molar-refractivity contribution in [3.8, 4) is 0 Å². The molecule has 8 heteroatoms. The molecule has 0 aromatic carbocycles. The molecule has 2 fully saturated rings. The van der Waals surface area contributed by atoms with Gasteiger partial charge in [-0.1, -0.05) is 0 Å². The van der Waals surface area contributed by atoms with Crippen molar-refractivity contribution in [1.29, 1.82) is 0 Å². The first-order chi connectivity index (χ1) is 10.2. The highest BCUT2D eigenvalue weighted by molar-refractivity contribution is 5.46. The Morgan fingerprint density at radius 2 is 1.90 bits per heavy atom. The molecule has 6 nitrogen and oxygen atoms in total. The highest BCUT2D eigenvalue weighted by Gasteiger charge is 2.41. The molecule has 0 N–H and O–H groups in total. The largest absolute Gasteiger partial charge is 0.375 e. The van der Waals surface area contributed by atoms with Crippen LogP contribution in [0.1, 0.15) is 31.5 Å². The summed E-state index contributed by atoms with van der Waals surface area (Å²) in [6, 6.07) is 3.48. The Labute approximate surface area is 119 Å². The van der Waals surface area contributed by atoms with Gasteiger partial charge in [0, 0.05) is 13.1 Å². The first kappa shape index (κ1) is 12.9. The summed E-state index contributed by atoms with van der Waals surface area (Å²) in [5, 5.41) is 11.5. The molecule has 0 radical (unpaired) electrons. The van der Waals surface area contributed by atoms with Gasteiger partial charge in [-0.2, -0.15) is 4.52 Å². The van der Waals surface area contributed by atoms with E-state index in [-0.39, 0.29) is 5.60 Å². The molecule has 0 aliphatic carbocycles. The summed E-state index contributed by atoms with van der Waals surface area (Å²) in [7, 11) is 0. The normalized spacial score (nSPS) is 21.2. The molecule has 2 aliphatic heterocycles. The van der Waals surface area contributed by atoms with Crippen LogP contribution in [-0.4, -0.2) is 45.1 Å². The molecular formula is C13H15F2N5O. The predicted octanol–water partition coefficient (Wildman–Crippen LogP) is 1.82. The topological polar surface area (TPSA) is 55.5 Å². The van der Waals surface area contributed by atoms with Crippen LogP contribution >= 0.6 is 0 Å². The summed E-state index contributed by atoms with van der Waals surface area (Å²) in [4.78, 5) is 2.10. The van der Waals surface area contributed by atoms with E-state index in [0.717, 1.165) is 43.5 Å². The lowest BCUT2D eigenvalue weighted by molar-refractivity contribution is -0.158. The van der Waals surface area contributed by atoms with Gasteiger partial charge in [0.25, 0.3) is 6.43 Å². The van der Waals surface area contributed by atoms with Crippen molar-refractivity contribution in [3.05, 3.63) is 18.0 Å². The zero-order valence-corrected chi connectivity index (χ0v) is 11.4. The Bertz CT molecular complexity index is 660. The van der Waals surface area contributed by atoms with E-state index in [9.17, 15) is 8.78 Å². The lowest BCUT2D eigenvalue weighted by atomic mass is 9.84. The van der Waals surface area contributed by atoms with Gasteiger partial charge in [0.05, 0.1) is 12.2 Å². The molecule has 112 valence electrons. The molecule has 2 saturated heterocycles.